The summed E-state index contributed by atoms with van der Waals surface area (Å²) in [5, 5.41) is 0. The van der Waals surface area contributed by atoms with Crippen molar-refractivity contribution in [2.45, 2.75) is 0 Å². The van der Waals surface area contributed by atoms with Crippen molar-refractivity contribution in [1.82, 2.24) is 0 Å². The molecule has 94 valence electrons. The van der Waals surface area contributed by atoms with Gasteiger partial charge in [-0.3, -0.25) is 4.79 Å². The van der Waals surface area contributed by atoms with Gasteiger partial charge in [-0.15, -0.1) is 0 Å². The maximum Gasteiger partial charge on any atom is 0.161 e. The van der Waals surface area contributed by atoms with Crippen LogP contribution in [0.15, 0.2) is 18.2 Å². The molecule has 0 saturated carbocycles. The van der Waals surface area contributed by atoms with E-state index in [0.29, 0.717) is 30.3 Å². The lowest BCUT2D eigenvalue weighted by Crippen LogP contribution is -2.08. The predicted octanol–water partition coefficient (Wildman–Crippen LogP) is 1.87. The quantitative estimate of drug-likeness (QED) is 0.515. The van der Waals surface area contributed by atoms with Gasteiger partial charge in [-0.1, -0.05) is 0 Å². The smallest absolute Gasteiger partial charge is 0.161 e. The second-order valence-corrected chi connectivity index (χ2v) is 3.18. The molecule has 0 N–H and O–H groups in total. The Labute approximate surface area is 99.3 Å². The van der Waals surface area contributed by atoms with Gasteiger partial charge in [0.25, 0.3) is 0 Å². The molecule has 1 aromatic carbocycles. The zero-order valence-electron chi connectivity index (χ0n) is 9.65. The van der Waals surface area contributed by atoms with E-state index in [2.05, 4.69) is 0 Å². The van der Waals surface area contributed by atoms with Crippen LogP contribution < -0.4 is 9.47 Å². The van der Waals surface area contributed by atoms with Gasteiger partial charge in [-0.2, -0.15) is 0 Å². The van der Waals surface area contributed by atoms with Crippen molar-refractivity contribution in [3.63, 3.8) is 0 Å². The van der Waals surface area contributed by atoms with E-state index >= 15 is 0 Å². The minimum absolute atomic E-state index is 0.0740. The van der Waals surface area contributed by atoms with E-state index in [1.165, 1.54) is 7.11 Å². The van der Waals surface area contributed by atoms with Crippen LogP contribution in [0.3, 0.4) is 0 Å². The van der Waals surface area contributed by atoms with Gasteiger partial charge in [0.15, 0.2) is 11.5 Å². The second kappa shape index (κ2) is 7.62. The highest BCUT2D eigenvalue weighted by Crippen LogP contribution is 2.27. The lowest BCUT2D eigenvalue weighted by atomic mass is 10.2. The number of aldehydes is 1. The first-order valence-electron chi connectivity index (χ1n) is 5.21. The molecular weight excluding hydrogens is 227 g/mol. The summed E-state index contributed by atoms with van der Waals surface area (Å²) in [4.78, 5) is 10.6. The third-order valence-electron chi connectivity index (χ3n) is 2.03. The molecule has 0 amide bonds. The topological polar surface area (TPSA) is 44.8 Å². The minimum atomic E-state index is -0.503. The highest BCUT2D eigenvalue weighted by Gasteiger charge is 2.05. The number of ether oxygens (including phenoxy) is 3. The molecule has 0 aromatic heterocycles. The van der Waals surface area contributed by atoms with Gasteiger partial charge in [0.05, 0.1) is 20.3 Å². The Kier molecular flexibility index (Phi) is 6.03. The Morgan fingerprint density at radius 2 is 2.06 bits per heavy atom. The molecule has 0 bridgehead atoms. The van der Waals surface area contributed by atoms with Crippen LogP contribution in [0, 0.1) is 0 Å². The van der Waals surface area contributed by atoms with E-state index in [0.717, 1.165) is 6.29 Å². The first-order chi connectivity index (χ1) is 8.31. The van der Waals surface area contributed by atoms with E-state index in [1.54, 1.807) is 18.2 Å². The molecule has 0 unspecified atom stereocenters. The van der Waals surface area contributed by atoms with Gasteiger partial charge in [0.2, 0.25) is 0 Å². The number of rotatable bonds is 8. The maximum absolute atomic E-state index is 11.7. The van der Waals surface area contributed by atoms with Crippen LogP contribution in [0.5, 0.6) is 11.5 Å². The second-order valence-electron chi connectivity index (χ2n) is 3.18. The molecule has 17 heavy (non-hydrogen) atoms. The Balaban J connectivity index is 2.49. The van der Waals surface area contributed by atoms with Crippen LogP contribution in [0.25, 0.3) is 0 Å². The molecular formula is C12H15FO4. The van der Waals surface area contributed by atoms with Crippen LogP contribution in [0.4, 0.5) is 4.39 Å². The summed E-state index contributed by atoms with van der Waals surface area (Å²) in [5.41, 5.74) is 0.517. The van der Waals surface area contributed by atoms with Crippen molar-refractivity contribution in [1.29, 1.82) is 0 Å². The lowest BCUT2D eigenvalue weighted by molar-refractivity contribution is 0.0888. The van der Waals surface area contributed by atoms with Crippen LogP contribution in [-0.4, -0.2) is 39.9 Å². The van der Waals surface area contributed by atoms with Gasteiger partial charge < -0.3 is 14.2 Å². The summed E-state index contributed by atoms with van der Waals surface area (Å²) < 4.78 is 27.1. The largest absolute Gasteiger partial charge is 0.493 e. The predicted molar refractivity (Wildman–Crippen MR) is 60.7 cm³/mol. The number of hydrogen-bond acceptors (Lipinski definition) is 4. The molecule has 0 aliphatic heterocycles. The van der Waals surface area contributed by atoms with E-state index in [4.69, 9.17) is 14.2 Å². The monoisotopic (exact) mass is 242 g/mol. The van der Waals surface area contributed by atoms with E-state index in [9.17, 15) is 9.18 Å². The molecule has 0 spiro atoms. The highest BCUT2D eigenvalue weighted by atomic mass is 19.1. The van der Waals surface area contributed by atoms with Crippen molar-refractivity contribution in [3.8, 4) is 11.5 Å². The standard InChI is InChI=1S/C12H15FO4/c1-15-12-8-10(9-14)2-3-11(12)17-7-6-16-5-4-13/h2-3,8-9H,4-7H2,1H3. The molecule has 0 aliphatic carbocycles. The van der Waals surface area contributed by atoms with Gasteiger partial charge >= 0.3 is 0 Å². The fraction of sp³-hybridized carbons (Fsp3) is 0.417. The molecule has 4 nitrogen and oxygen atoms in total. The number of carbonyl (C=O) groups is 1. The number of alkyl halides is 1. The molecule has 0 saturated heterocycles. The van der Waals surface area contributed by atoms with Crippen LogP contribution in [0.1, 0.15) is 10.4 Å². The van der Waals surface area contributed by atoms with Crippen molar-refractivity contribution in [2.75, 3.05) is 33.6 Å². The maximum atomic E-state index is 11.7. The molecule has 1 rings (SSSR count). The summed E-state index contributed by atoms with van der Waals surface area (Å²) in [6, 6.07) is 4.87. The third-order valence-corrected chi connectivity index (χ3v) is 2.03. The zero-order chi connectivity index (χ0) is 12.5. The molecule has 0 radical (unpaired) electrons. The van der Waals surface area contributed by atoms with E-state index in [-0.39, 0.29) is 6.61 Å². The molecule has 5 heteroatoms. The molecule has 0 atom stereocenters. The summed E-state index contributed by atoms with van der Waals surface area (Å²) in [7, 11) is 1.50. The lowest BCUT2D eigenvalue weighted by Gasteiger charge is -2.10. The molecule has 1 aromatic rings. The van der Waals surface area contributed by atoms with Crippen molar-refractivity contribution >= 4 is 6.29 Å². The van der Waals surface area contributed by atoms with Gasteiger partial charge in [-0.25, -0.2) is 4.39 Å². The van der Waals surface area contributed by atoms with Crippen LogP contribution >= 0.6 is 0 Å². The van der Waals surface area contributed by atoms with E-state index in [1.807, 2.05) is 0 Å². The summed E-state index contributed by atoms with van der Waals surface area (Å²) in [6.45, 7) is 0.182. The van der Waals surface area contributed by atoms with Crippen molar-refractivity contribution < 1.29 is 23.4 Å². The normalized spacial score (nSPS) is 10.0. The zero-order valence-corrected chi connectivity index (χ0v) is 9.65. The van der Waals surface area contributed by atoms with Gasteiger partial charge in [0, 0.05) is 5.56 Å². The van der Waals surface area contributed by atoms with Crippen molar-refractivity contribution in [2.24, 2.45) is 0 Å². The van der Waals surface area contributed by atoms with E-state index < -0.39 is 6.67 Å². The number of halogens is 1. The summed E-state index contributed by atoms with van der Waals surface area (Å²) in [6.07, 6.45) is 0.733. The number of methoxy groups -OCH3 is 1. The Hall–Kier alpha value is -1.62. The first kappa shape index (κ1) is 13.4. The number of benzene rings is 1. The molecule has 0 heterocycles. The van der Waals surface area contributed by atoms with Gasteiger partial charge in [0.1, 0.15) is 19.6 Å². The SMILES string of the molecule is COc1cc(C=O)ccc1OCCOCCF. The fourth-order valence-electron chi connectivity index (χ4n) is 1.24. The third kappa shape index (κ3) is 4.40. The Morgan fingerprint density at radius 1 is 1.24 bits per heavy atom. The average Bonchev–Trinajstić information content (AvgIpc) is 2.38. The average molecular weight is 242 g/mol. The number of hydrogen-bond donors (Lipinski definition) is 0. The summed E-state index contributed by atoms with van der Waals surface area (Å²) >= 11 is 0. The highest BCUT2D eigenvalue weighted by molar-refractivity contribution is 5.76. The Bertz CT molecular complexity index is 354. The summed E-state index contributed by atoms with van der Waals surface area (Å²) in [5.74, 6) is 1.02. The van der Waals surface area contributed by atoms with Crippen LogP contribution in [0.2, 0.25) is 0 Å². The molecule has 0 fully saturated rings. The minimum Gasteiger partial charge on any atom is -0.493 e. The first-order valence-corrected chi connectivity index (χ1v) is 5.21. The molecule has 0 aliphatic rings. The number of carbonyl (C=O) groups excluding carboxylic acids is 1. The van der Waals surface area contributed by atoms with Crippen molar-refractivity contribution in [3.05, 3.63) is 23.8 Å². The van der Waals surface area contributed by atoms with Crippen LogP contribution in [-0.2, 0) is 4.74 Å². The van der Waals surface area contributed by atoms with Gasteiger partial charge in [-0.05, 0) is 18.2 Å². The fourth-order valence-corrected chi connectivity index (χ4v) is 1.24. The Morgan fingerprint density at radius 3 is 2.71 bits per heavy atom.